The van der Waals surface area contributed by atoms with Gasteiger partial charge < -0.3 is 25.3 Å². The first-order valence-electron chi connectivity index (χ1n) is 11.9. The quantitative estimate of drug-likeness (QED) is 0.374. The van der Waals surface area contributed by atoms with Crippen LogP contribution in [0.3, 0.4) is 0 Å². The molecule has 184 valence electrons. The van der Waals surface area contributed by atoms with Gasteiger partial charge in [0.2, 0.25) is 5.91 Å². The van der Waals surface area contributed by atoms with E-state index >= 15 is 0 Å². The molecule has 1 saturated heterocycles. The Bertz CT molecular complexity index is 1390. The first kappa shape index (κ1) is 23.3. The molecule has 0 atom stereocenters. The summed E-state index contributed by atoms with van der Waals surface area (Å²) in [6, 6.07) is 14.1. The van der Waals surface area contributed by atoms with Gasteiger partial charge in [-0.15, -0.1) is 0 Å². The van der Waals surface area contributed by atoms with Gasteiger partial charge in [0.25, 0.3) is 5.91 Å². The largest absolute Gasteiger partial charge is 0.497 e. The monoisotopic (exact) mass is 484 g/mol. The number of nitrogens with zero attached hydrogens (tertiary/aromatic N) is 3. The minimum absolute atomic E-state index is 0.0342. The third-order valence-electron chi connectivity index (χ3n) is 6.55. The van der Waals surface area contributed by atoms with E-state index in [0.717, 1.165) is 48.3 Å². The summed E-state index contributed by atoms with van der Waals surface area (Å²) in [7, 11) is 1.59. The molecular formula is C27H28N6O3. The number of carbonyl (C=O) groups is 2. The molecule has 0 radical (unpaired) electrons. The lowest BCUT2D eigenvalue weighted by Gasteiger charge is -2.32. The first-order valence-corrected chi connectivity index (χ1v) is 11.9. The Morgan fingerprint density at radius 2 is 1.81 bits per heavy atom. The zero-order valence-corrected chi connectivity index (χ0v) is 20.2. The van der Waals surface area contributed by atoms with Gasteiger partial charge in [0.1, 0.15) is 23.5 Å². The fourth-order valence-corrected chi connectivity index (χ4v) is 4.55. The van der Waals surface area contributed by atoms with E-state index in [2.05, 4.69) is 30.5 Å². The standard InChI is InChI=1S/C27H28N6O3/c1-17-15-28-24-23(17)25(30-16-29-24)33-12-10-18(11-13-33)26(34)32-21-5-3-4-19(14-21)27(35)31-20-6-8-22(36-2)9-7-20/h3-9,14-16,18H,10-13H2,1-2H3,(H,31,35)(H,32,34)(H,28,29,30). The molecule has 9 nitrogen and oxygen atoms in total. The minimum atomic E-state index is -0.249. The molecule has 2 amide bonds. The maximum absolute atomic E-state index is 13.0. The predicted octanol–water partition coefficient (Wildman–Crippen LogP) is 4.38. The van der Waals surface area contributed by atoms with Gasteiger partial charge in [0.05, 0.1) is 12.5 Å². The number of aromatic amines is 1. The molecule has 36 heavy (non-hydrogen) atoms. The lowest BCUT2D eigenvalue weighted by molar-refractivity contribution is -0.120. The third kappa shape index (κ3) is 4.86. The fraction of sp³-hybridized carbons (Fsp3) is 0.259. The lowest BCUT2D eigenvalue weighted by Crippen LogP contribution is -2.38. The van der Waals surface area contributed by atoms with Crippen LogP contribution in [0.2, 0.25) is 0 Å². The van der Waals surface area contributed by atoms with Crippen molar-refractivity contribution in [3.63, 3.8) is 0 Å². The van der Waals surface area contributed by atoms with Crippen LogP contribution in [-0.4, -0.2) is 47.0 Å². The zero-order valence-electron chi connectivity index (χ0n) is 20.2. The number of aryl methyl sites for hydroxylation is 1. The van der Waals surface area contributed by atoms with Crippen molar-refractivity contribution in [1.29, 1.82) is 0 Å². The number of ether oxygens (including phenoxy) is 1. The van der Waals surface area contributed by atoms with Crippen molar-refractivity contribution in [2.75, 3.05) is 35.7 Å². The van der Waals surface area contributed by atoms with E-state index in [0.29, 0.717) is 22.7 Å². The smallest absolute Gasteiger partial charge is 0.255 e. The van der Waals surface area contributed by atoms with Crippen molar-refractivity contribution < 1.29 is 14.3 Å². The molecule has 0 bridgehead atoms. The summed E-state index contributed by atoms with van der Waals surface area (Å²) in [6.45, 7) is 3.51. The van der Waals surface area contributed by atoms with Crippen LogP contribution in [0.5, 0.6) is 5.75 Å². The lowest BCUT2D eigenvalue weighted by atomic mass is 9.95. The van der Waals surface area contributed by atoms with Crippen molar-refractivity contribution in [2.45, 2.75) is 19.8 Å². The summed E-state index contributed by atoms with van der Waals surface area (Å²) in [5, 5.41) is 6.89. The molecule has 0 saturated carbocycles. The molecule has 2 aromatic carbocycles. The van der Waals surface area contributed by atoms with E-state index in [9.17, 15) is 9.59 Å². The molecule has 0 aliphatic carbocycles. The summed E-state index contributed by atoms with van der Waals surface area (Å²) >= 11 is 0. The maximum Gasteiger partial charge on any atom is 0.255 e. The number of nitrogens with one attached hydrogen (secondary N) is 3. The Labute approximate surface area is 208 Å². The number of amides is 2. The number of aromatic nitrogens is 3. The van der Waals surface area contributed by atoms with Crippen molar-refractivity contribution >= 4 is 40.0 Å². The molecule has 9 heteroatoms. The average Bonchev–Trinajstić information content (AvgIpc) is 3.30. The number of benzene rings is 2. The number of methoxy groups -OCH3 is 1. The second kappa shape index (κ2) is 10.1. The number of H-pyrrole nitrogens is 1. The molecule has 4 aromatic rings. The van der Waals surface area contributed by atoms with E-state index < -0.39 is 0 Å². The Morgan fingerprint density at radius 1 is 1.03 bits per heavy atom. The molecule has 0 unspecified atom stereocenters. The van der Waals surface area contributed by atoms with Crippen molar-refractivity contribution in [3.05, 3.63) is 72.2 Å². The Morgan fingerprint density at radius 3 is 2.56 bits per heavy atom. The third-order valence-corrected chi connectivity index (χ3v) is 6.55. The molecule has 3 N–H and O–H groups in total. The van der Waals surface area contributed by atoms with E-state index in [4.69, 9.17) is 4.74 Å². The van der Waals surface area contributed by atoms with Crippen molar-refractivity contribution in [3.8, 4) is 5.75 Å². The maximum atomic E-state index is 13.0. The highest BCUT2D eigenvalue weighted by molar-refractivity contribution is 6.05. The summed E-state index contributed by atoms with van der Waals surface area (Å²) < 4.78 is 5.15. The highest BCUT2D eigenvalue weighted by atomic mass is 16.5. The number of hydrogen-bond acceptors (Lipinski definition) is 6. The molecular weight excluding hydrogens is 456 g/mol. The highest BCUT2D eigenvalue weighted by Crippen LogP contribution is 2.30. The molecule has 1 aliphatic rings. The molecule has 3 heterocycles. The number of hydrogen-bond donors (Lipinski definition) is 3. The summed E-state index contributed by atoms with van der Waals surface area (Å²) in [5.74, 6) is 1.23. The van der Waals surface area contributed by atoms with Crippen molar-refractivity contribution in [2.24, 2.45) is 5.92 Å². The molecule has 0 spiro atoms. The van der Waals surface area contributed by atoms with Gasteiger partial charge in [0.15, 0.2) is 0 Å². The van der Waals surface area contributed by atoms with Gasteiger partial charge >= 0.3 is 0 Å². The van der Waals surface area contributed by atoms with Crippen LogP contribution >= 0.6 is 0 Å². The minimum Gasteiger partial charge on any atom is -0.497 e. The van der Waals surface area contributed by atoms with Gasteiger partial charge in [0, 0.05) is 42.1 Å². The Kier molecular flexibility index (Phi) is 6.53. The van der Waals surface area contributed by atoms with Crippen LogP contribution in [0.25, 0.3) is 11.0 Å². The normalized spacial score (nSPS) is 14.0. The molecule has 2 aromatic heterocycles. The van der Waals surface area contributed by atoms with E-state index in [1.165, 1.54) is 0 Å². The van der Waals surface area contributed by atoms with Gasteiger partial charge in [-0.25, -0.2) is 9.97 Å². The zero-order chi connectivity index (χ0) is 25.1. The second-order valence-electron chi connectivity index (χ2n) is 8.91. The fourth-order valence-electron chi connectivity index (χ4n) is 4.55. The number of anilines is 3. The van der Waals surface area contributed by atoms with E-state index in [1.54, 1.807) is 62.0 Å². The molecule has 1 fully saturated rings. The van der Waals surface area contributed by atoms with Gasteiger partial charge in [-0.1, -0.05) is 6.07 Å². The molecule has 5 rings (SSSR count). The topological polar surface area (TPSA) is 112 Å². The summed E-state index contributed by atoms with van der Waals surface area (Å²) in [6.07, 6.45) is 4.95. The van der Waals surface area contributed by atoms with Gasteiger partial charge in [-0.3, -0.25) is 9.59 Å². The van der Waals surface area contributed by atoms with Crippen LogP contribution in [0.4, 0.5) is 17.2 Å². The van der Waals surface area contributed by atoms with Crippen molar-refractivity contribution in [1.82, 2.24) is 15.0 Å². The van der Waals surface area contributed by atoms with Gasteiger partial charge in [-0.05, 0) is 67.8 Å². The average molecular weight is 485 g/mol. The van der Waals surface area contributed by atoms with Crippen LogP contribution in [0, 0.1) is 12.8 Å². The Balaban J connectivity index is 1.19. The van der Waals surface area contributed by atoms with Crippen LogP contribution in [0.15, 0.2) is 61.1 Å². The second-order valence-corrected chi connectivity index (χ2v) is 8.91. The molecule has 1 aliphatic heterocycles. The number of carbonyl (C=O) groups excluding carboxylic acids is 2. The number of piperidine rings is 1. The first-order chi connectivity index (χ1) is 17.5. The van der Waals surface area contributed by atoms with Gasteiger partial charge in [-0.2, -0.15) is 0 Å². The number of rotatable bonds is 6. The van der Waals surface area contributed by atoms with E-state index in [1.807, 2.05) is 13.1 Å². The highest BCUT2D eigenvalue weighted by Gasteiger charge is 2.27. The summed E-state index contributed by atoms with van der Waals surface area (Å²) in [5.41, 5.74) is 3.67. The Hall–Kier alpha value is -4.40. The summed E-state index contributed by atoms with van der Waals surface area (Å²) in [4.78, 5) is 39.9. The predicted molar refractivity (Wildman–Crippen MR) is 140 cm³/mol. The van der Waals surface area contributed by atoms with E-state index in [-0.39, 0.29) is 17.7 Å². The van der Waals surface area contributed by atoms with Crippen LogP contribution < -0.4 is 20.3 Å². The SMILES string of the molecule is COc1ccc(NC(=O)c2cccc(NC(=O)C3CCN(c4ncnc5[nH]cc(C)c45)CC3)c2)cc1. The van der Waals surface area contributed by atoms with Crippen LogP contribution in [-0.2, 0) is 4.79 Å². The van der Waals surface area contributed by atoms with Crippen LogP contribution in [0.1, 0.15) is 28.8 Å². The number of fused-ring (bicyclic) bond motifs is 1.